The molecule has 0 radical (unpaired) electrons. The number of aliphatic imine (C=N–C) groups is 1. The molecular weight excluding hydrogens is 459 g/mol. The van der Waals surface area contributed by atoms with Gasteiger partial charge in [-0.25, -0.2) is 0 Å². The Morgan fingerprint density at radius 3 is 2.68 bits per heavy atom. The normalized spacial score (nSPS) is 20.5. The summed E-state index contributed by atoms with van der Waals surface area (Å²) in [5, 5.41) is 6.19. The van der Waals surface area contributed by atoms with Crippen molar-refractivity contribution in [2.24, 2.45) is 4.99 Å². The van der Waals surface area contributed by atoms with E-state index < -0.39 is 0 Å². The molecule has 2 aliphatic heterocycles. The number of benzene rings is 2. The van der Waals surface area contributed by atoms with Crippen molar-refractivity contribution >= 4 is 40.7 Å². The van der Waals surface area contributed by atoms with Crippen LogP contribution in [0.1, 0.15) is 31.7 Å². The van der Waals surface area contributed by atoms with E-state index in [1.807, 2.05) is 0 Å². The summed E-state index contributed by atoms with van der Waals surface area (Å²) >= 11 is 0. The van der Waals surface area contributed by atoms with E-state index >= 15 is 0 Å². The average Bonchev–Trinajstić information content (AvgIpc) is 3.39. The lowest BCUT2D eigenvalue weighted by atomic mass is 10.0. The van der Waals surface area contributed by atoms with Gasteiger partial charge in [-0.2, -0.15) is 0 Å². The molecule has 1 N–H and O–H groups in total. The zero-order chi connectivity index (χ0) is 18.5. The van der Waals surface area contributed by atoms with Crippen molar-refractivity contribution in [2.45, 2.75) is 38.6 Å². The Balaban J connectivity index is 0.00000225. The number of hydrogen-bond acceptors (Lipinski definition) is 2. The van der Waals surface area contributed by atoms with Crippen LogP contribution in [0.2, 0.25) is 0 Å². The predicted molar refractivity (Wildman–Crippen MR) is 130 cm³/mol. The molecule has 4 rings (SSSR count). The molecule has 5 heteroatoms. The molecule has 2 aromatic carbocycles. The van der Waals surface area contributed by atoms with Gasteiger partial charge in [0.25, 0.3) is 0 Å². The largest absolute Gasteiger partial charge is 0.357 e. The maximum Gasteiger partial charge on any atom is 0.193 e. The number of guanidine groups is 1. The van der Waals surface area contributed by atoms with Crippen LogP contribution < -0.4 is 5.32 Å². The molecule has 4 nitrogen and oxygen atoms in total. The van der Waals surface area contributed by atoms with E-state index in [0.717, 1.165) is 44.6 Å². The third-order valence-electron chi connectivity index (χ3n) is 5.98. The van der Waals surface area contributed by atoms with Crippen molar-refractivity contribution in [3.63, 3.8) is 0 Å². The van der Waals surface area contributed by atoms with Gasteiger partial charge < -0.3 is 10.2 Å². The minimum atomic E-state index is 0. The third-order valence-corrected chi connectivity index (χ3v) is 5.98. The maximum absolute atomic E-state index is 4.97. The first kappa shape index (κ1) is 21.4. The van der Waals surface area contributed by atoms with Crippen LogP contribution >= 0.6 is 24.0 Å². The summed E-state index contributed by atoms with van der Waals surface area (Å²) in [4.78, 5) is 10.1. The molecule has 0 aliphatic carbocycles. The zero-order valence-electron chi connectivity index (χ0n) is 16.9. The highest BCUT2D eigenvalue weighted by atomic mass is 127. The Morgan fingerprint density at radius 2 is 1.86 bits per heavy atom. The standard InChI is InChI=1S/C23H32N4.HI/c1-2-24-23(27-17-13-21(18-27)26-15-5-6-16-26)25-14-12-20-10-7-9-19-8-3-4-11-22(19)20;/h3-4,7-11,21H,2,5-6,12-18H2,1H3,(H,24,25);1H. The molecule has 28 heavy (non-hydrogen) atoms. The van der Waals surface area contributed by atoms with Crippen LogP contribution in [0.15, 0.2) is 47.5 Å². The number of rotatable bonds is 5. The SMILES string of the molecule is CCNC(=NCCc1cccc2ccccc12)N1CCC(N2CCCC2)C1.I. The summed E-state index contributed by atoms with van der Waals surface area (Å²) in [6, 6.07) is 16.0. The lowest BCUT2D eigenvalue weighted by Gasteiger charge is -2.25. The molecule has 0 spiro atoms. The molecule has 0 amide bonds. The minimum absolute atomic E-state index is 0. The highest BCUT2D eigenvalue weighted by Gasteiger charge is 2.30. The van der Waals surface area contributed by atoms with E-state index in [1.54, 1.807) is 0 Å². The number of fused-ring (bicyclic) bond motifs is 1. The van der Waals surface area contributed by atoms with Gasteiger partial charge in [0.2, 0.25) is 0 Å². The molecule has 0 aromatic heterocycles. The quantitative estimate of drug-likeness (QED) is 0.387. The predicted octanol–water partition coefficient (Wildman–Crippen LogP) is 4.14. The number of halogens is 1. The Labute approximate surface area is 186 Å². The molecule has 2 fully saturated rings. The third kappa shape index (κ3) is 4.98. The summed E-state index contributed by atoms with van der Waals surface area (Å²) in [5.74, 6) is 1.10. The molecular formula is C23H33IN4. The van der Waals surface area contributed by atoms with E-state index in [0.29, 0.717) is 0 Å². The molecule has 2 aliphatic rings. The Hall–Kier alpha value is -1.34. The zero-order valence-corrected chi connectivity index (χ0v) is 19.3. The fourth-order valence-electron chi connectivity index (χ4n) is 4.56. The summed E-state index contributed by atoms with van der Waals surface area (Å²) in [5.41, 5.74) is 1.39. The summed E-state index contributed by atoms with van der Waals surface area (Å²) in [7, 11) is 0. The second-order valence-corrected chi connectivity index (χ2v) is 7.76. The van der Waals surface area contributed by atoms with Crippen LogP contribution in [-0.2, 0) is 6.42 Å². The number of likely N-dealkylation sites (tertiary alicyclic amines) is 2. The van der Waals surface area contributed by atoms with Crippen LogP contribution in [0, 0.1) is 0 Å². The van der Waals surface area contributed by atoms with Crippen LogP contribution in [0.5, 0.6) is 0 Å². The van der Waals surface area contributed by atoms with Gasteiger partial charge >= 0.3 is 0 Å². The first-order valence-corrected chi connectivity index (χ1v) is 10.6. The van der Waals surface area contributed by atoms with Crippen molar-refractivity contribution < 1.29 is 0 Å². The molecule has 1 atom stereocenters. The number of nitrogens with zero attached hydrogens (tertiary/aromatic N) is 3. The molecule has 2 aromatic rings. The van der Waals surface area contributed by atoms with Crippen LogP contribution in [0.4, 0.5) is 0 Å². The van der Waals surface area contributed by atoms with Crippen LogP contribution in [0.3, 0.4) is 0 Å². The lowest BCUT2D eigenvalue weighted by molar-refractivity contribution is 0.249. The van der Waals surface area contributed by atoms with Crippen molar-refractivity contribution in [1.29, 1.82) is 0 Å². The van der Waals surface area contributed by atoms with Gasteiger partial charge in [0, 0.05) is 32.2 Å². The minimum Gasteiger partial charge on any atom is -0.357 e. The number of hydrogen-bond donors (Lipinski definition) is 1. The van der Waals surface area contributed by atoms with E-state index in [1.165, 1.54) is 48.7 Å². The molecule has 0 saturated carbocycles. The monoisotopic (exact) mass is 492 g/mol. The summed E-state index contributed by atoms with van der Waals surface area (Å²) in [6.07, 6.45) is 5.00. The highest BCUT2D eigenvalue weighted by Crippen LogP contribution is 2.21. The van der Waals surface area contributed by atoms with Gasteiger partial charge in [0.05, 0.1) is 0 Å². The summed E-state index contributed by atoms with van der Waals surface area (Å²) in [6.45, 7) is 8.75. The van der Waals surface area contributed by atoms with Crippen molar-refractivity contribution in [2.75, 3.05) is 39.3 Å². The molecule has 0 bridgehead atoms. The highest BCUT2D eigenvalue weighted by molar-refractivity contribution is 14.0. The second-order valence-electron chi connectivity index (χ2n) is 7.76. The van der Waals surface area contributed by atoms with Gasteiger partial charge in [-0.15, -0.1) is 24.0 Å². The Morgan fingerprint density at radius 1 is 1.07 bits per heavy atom. The number of nitrogens with one attached hydrogen (secondary N) is 1. The van der Waals surface area contributed by atoms with E-state index in [4.69, 9.17) is 4.99 Å². The first-order chi connectivity index (χ1) is 13.3. The van der Waals surface area contributed by atoms with Crippen LogP contribution in [0.25, 0.3) is 10.8 Å². The fraction of sp³-hybridized carbons (Fsp3) is 0.522. The van der Waals surface area contributed by atoms with Gasteiger partial charge in [-0.3, -0.25) is 9.89 Å². The second kappa shape index (κ2) is 10.4. The Bertz CT molecular complexity index is 780. The van der Waals surface area contributed by atoms with E-state index in [2.05, 4.69) is 64.5 Å². The van der Waals surface area contributed by atoms with E-state index in [9.17, 15) is 0 Å². The molecule has 2 saturated heterocycles. The van der Waals surface area contributed by atoms with Gasteiger partial charge in [0.15, 0.2) is 5.96 Å². The fourth-order valence-corrected chi connectivity index (χ4v) is 4.56. The van der Waals surface area contributed by atoms with Crippen molar-refractivity contribution in [3.8, 4) is 0 Å². The molecule has 2 heterocycles. The van der Waals surface area contributed by atoms with Crippen molar-refractivity contribution in [3.05, 3.63) is 48.0 Å². The van der Waals surface area contributed by atoms with Gasteiger partial charge in [0.1, 0.15) is 0 Å². The first-order valence-electron chi connectivity index (χ1n) is 10.6. The van der Waals surface area contributed by atoms with E-state index in [-0.39, 0.29) is 24.0 Å². The molecule has 152 valence electrons. The summed E-state index contributed by atoms with van der Waals surface area (Å²) < 4.78 is 0. The lowest BCUT2D eigenvalue weighted by Crippen LogP contribution is -2.42. The van der Waals surface area contributed by atoms with Gasteiger partial charge in [-0.1, -0.05) is 42.5 Å². The topological polar surface area (TPSA) is 30.9 Å². The Kier molecular flexibility index (Phi) is 7.97. The maximum atomic E-state index is 4.97. The smallest absolute Gasteiger partial charge is 0.193 e. The average molecular weight is 492 g/mol. The van der Waals surface area contributed by atoms with Crippen molar-refractivity contribution in [1.82, 2.24) is 15.1 Å². The molecule has 1 unspecified atom stereocenters. The van der Waals surface area contributed by atoms with Crippen LogP contribution in [-0.4, -0.2) is 61.1 Å². The van der Waals surface area contributed by atoms with Gasteiger partial charge in [-0.05, 0) is 62.0 Å².